The number of fused-ring (bicyclic) bond motifs is 1. The van der Waals surface area contributed by atoms with Crippen LogP contribution >= 0.6 is 22.9 Å². The van der Waals surface area contributed by atoms with Crippen LogP contribution in [0.1, 0.15) is 15.4 Å². The molecule has 2 heterocycles. The minimum absolute atomic E-state index is 0.0284. The predicted octanol–water partition coefficient (Wildman–Crippen LogP) is 5.50. The number of carbonyl (C=O) groups is 1. The van der Waals surface area contributed by atoms with Gasteiger partial charge >= 0.3 is 0 Å². The fourth-order valence-electron chi connectivity index (χ4n) is 2.63. The number of rotatable bonds is 5. The van der Waals surface area contributed by atoms with Crippen LogP contribution in [0.5, 0.6) is 0 Å². The number of benzene rings is 2. The minimum Gasteiger partial charge on any atom is -0.460 e. The summed E-state index contributed by atoms with van der Waals surface area (Å²) < 4.78 is 34.1. The first-order valence-electron chi connectivity index (χ1n) is 8.33. The number of thiophene rings is 1. The molecule has 0 saturated carbocycles. The molecular formula is C19H13ClN3O4S2-. The molecule has 0 bridgehead atoms. The Labute approximate surface area is 175 Å². The summed E-state index contributed by atoms with van der Waals surface area (Å²) >= 11 is 7.62. The minimum atomic E-state index is -3.95. The van der Waals surface area contributed by atoms with Crippen molar-refractivity contribution in [1.29, 1.82) is 0 Å². The molecule has 0 aliphatic rings. The number of anilines is 1. The number of hydrogen-bond acceptors (Lipinski definition) is 6. The second-order valence-corrected chi connectivity index (χ2v) is 9.12. The van der Waals surface area contributed by atoms with Crippen molar-refractivity contribution in [2.75, 3.05) is 5.32 Å². The molecule has 0 aliphatic carbocycles. The Morgan fingerprint density at radius 1 is 1.17 bits per heavy atom. The van der Waals surface area contributed by atoms with Crippen molar-refractivity contribution in [3.8, 4) is 0 Å². The molecule has 0 radical (unpaired) electrons. The largest absolute Gasteiger partial charge is 0.460 e. The second kappa shape index (κ2) is 7.51. The van der Waals surface area contributed by atoms with E-state index in [0.29, 0.717) is 21.3 Å². The van der Waals surface area contributed by atoms with Gasteiger partial charge in [0, 0.05) is 15.8 Å². The van der Waals surface area contributed by atoms with Crippen LogP contribution in [0.3, 0.4) is 0 Å². The summed E-state index contributed by atoms with van der Waals surface area (Å²) in [5.41, 5.74) is 0.430. The van der Waals surface area contributed by atoms with Crippen LogP contribution in [-0.2, 0) is 10.0 Å². The molecule has 148 valence electrons. The summed E-state index contributed by atoms with van der Waals surface area (Å²) in [6.07, 6.45) is 0. The highest BCUT2D eigenvalue weighted by atomic mass is 35.5. The SMILES string of the molecule is Cc1cc([N-]S(=O)(=O)c2ccc(NC(=O)c3sc4ccccc4c3Cl)cc2)no1. The molecule has 29 heavy (non-hydrogen) atoms. The molecular weight excluding hydrogens is 434 g/mol. The maximum Gasteiger partial charge on any atom is 0.267 e. The third-order valence-corrected chi connectivity index (χ3v) is 6.95. The number of sulfonamides is 1. The van der Waals surface area contributed by atoms with Gasteiger partial charge in [0.25, 0.3) is 5.91 Å². The third kappa shape index (κ3) is 3.98. The van der Waals surface area contributed by atoms with Crippen molar-refractivity contribution >= 4 is 60.5 Å². The number of halogens is 1. The zero-order chi connectivity index (χ0) is 20.6. The smallest absolute Gasteiger partial charge is 0.267 e. The van der Waals surface area contributed by atoms with Crippen LogP contribution in [0.25, 0.3) is 14.8 Å². The number of amides is 1. The summed E-state index contributed by atoms with van der Waals surface area (Å²) in [4.78, 5) is 12.9. The van der Waals surface area contributed by atoms with Gasteiger partial charge in [-0.15, -0.1) is 11.3 Å². The van der Waals surface area contributed by atoms with Gasteiger partial charge in [0.2, 0.25) is 10.0 Å². The van der Waals surface area contributed by atoms with E-state index in [4.69, 9.17) is 16.1 Å². The van der Waals surface area contributed by atoms with Crippen molar-refractivity contribution in [2.24, 2.45) is 0 Å². The van der Waals surface area contributed by atoms with Gasteiger partial charge in [-0.05, 0) is 49.1 Å². The van der Waals surface area contributed by atoms with Gasteiger partial charge in [0.15, 0.2) is 0 Å². The van der Waals surface area contributed by atoms with Crippen LogP contribution in [0.2, 0.25) is 5.02 Å². The lowest BCUT2D eigenvalue weighted by molar-refractivity contribution is 0.103. The van der Waals surface area contributed by atoms with Gasteiger partial charge < -0.3 is 14.6 Å². The van der Waals surface area contributed by atoms with E-state index in [1.165, 1.54) is 41.7 Å². The van der Waals surface area contributed by atoms with Gasteiger partial charge in [0.1, 0.15) is 10.6 Å². The predicted molar refractivity (Wildman–Crippen MR) is 113 cm³/mol. The normalized spacial score (nSPS) is 11.5. The first kappa shape index (κ1) is 19.4. The van der Waals surface area contributed by atoms with E-state index < -0.39 is 10.0 Å². The molecule has 0 fully saturated rings. The van der Waals surface area contributed by atoms with Gasteiger partial charge in [-0.3, -0.25) is 9.95 Å². The van der Waals surface area contributed by atoms with E-state index in [1.807, 2.05) is 24.3 Å². The van der Waals surface area contributed by atoms with Crippen molar-refractivity contribution < 1.29 is 17.7 Å². The Bertz CT molecular complexity index is 1310. The summed E-state index contributed by atoms with van der Waals surface area (Å²) in [7, 11) is -3.95. The van der Waals surface area contributed by atoms with Crippen LogP contribution < -0.4 is 5.32 Å². The molecule has 2 aromatic carbocycles. The van der Waals surface area contributed by atoms with Crippen molar-refractivity contribution in [1.82, 2.24) is 5.16 Å². The molecule has 0 spiro atoms. The molecule has 4 rings (SSSR count). The lowest BCUT2D eigenvalue weighted by atomic mass is 10.2. The Morgan fingerprint density at radius 3 is 2.55 bits per heavy atom. The van der Waals surface area contributed by atoms with Gasteiger partial charge in [-0.25, -0.2) is 8.42 Å². The van der Waals surface area contributed by atoms with Crippen LogP contribution in [0.15, 0.2) is 64.0 Å². The van der Waals surface area contributed by atoms with Crippen molar-refractivity contribution in [3.05, 3.63) is 75.0 Å². The third-order valence-electron chi connectivity index (χ3n) is 3.98. The zero-order valence-corrected chi connectivity index (χ0v) is 17.3. The number of nitrogens with one attached hydrogen (secondary N) is 1. The quantitative estimate of drug-likeness (QED) is 0.436. The maximum absolute atomic E-state index is 12.6. The number of aromatic nitrogens is 1. The van der Waals surface area contributed by atoms with E-state index in [0.717, 1.165) is 10.1 Å². The molecule has 1 amide bonds. The topological polar surface area (TPSA) is 103 Å². The van der Waals surface area contributed by atoms with E-state index in [1.54, 1.807) is 6.92 Å². The maximum atomic E-state index is 12.6. The van der Waals surface area contributed by atoms with Crippen LogP contribution in [0.4, 0.5) is 11.5 Å². The monoisotopic (exact) mass is 446 g/mol. The highest BCUT2D eigenvalue weighted by Gasteiger charge is 2.17. The number of carbonyl (C=O) groups excluding carboxylic acids is 1. The molecule has 0 saturated heterocycles. The van der Waals surface area contributed by atoms with Crippen molar-refractivity contribution in [2.45, 2.75) is 11.8 Å². The average molecular weight is 447 g/mol. The number of hydrogen-bond donors (Lipinski definition) is 1. The fraction of sp³-hybridized carbons (Fsp3) is 0.0526. The Morgan fingerprint density at radius 2 is 1.90 bits per heavy atom. The summed E-state index contributed by atoms with van der Waals surface area (Å²) in [5.74, 6) is 0.0609. The van der Waals surface area contributed by atoms with E-state index in [-0.39, 0.29) is 16.6 Å². The fourth-order valence-corrected chi connectivity index (χ4v) is 4.96. The van der Waals surface area contributed by atoms with Gasteiger partial charge in [-0.1, -0.05) is 29.8 Å². The van der Waals surface area contributed by atoms with E-state index in [2.05, 4.69) is 15.2 Å². The van der Waals surface area contributed by atoms with Crippen LogP contribution in [-0.4, -0.2) is 19.5 Å². The summed E-state index contributed by atoms with van der Waals surface area (Å²) in [6, 6.07) is 14.6. The Hall–Kier alpha value is -2.88. The van der Waals surface area contributed by atoms with Crippen molar-refractivity contribution in [3.63, 3.8) is 0 Å². The Kier molecular flexibility index (Phi) is 5.03. The Balaban J connectivity index is 1.51. The lowest BCUT2D eigenvalue weighted by Gasteiger charge is -2.12. The zero-order valence-electron chi connectivity index (χ0n) is 14.9. The molecule has 0 unspecified atom stereocenters. The first-order chi connectivity index (χ1) is 13.8. The number of aryl methyl sites for hydroxylation is 1. The molecule has 1 N–H and O–H groups in total. The molecule has 10 heteroatoms. The molecule has 4 aromatic rings. The average Bonchev–Trinajstić information content (AvgIpc) is 3.25. The highest BCUT2D eigenvalue weighted by molar-refractivity contribution is 7.94. The lowest BCUT2D eigenvalue weighted by Crippen LogP contribution is -2.10. The molecule has 2 aromatic heterocycles. The molecule has 0 aliphatic heterocycles. The first-order valence-corrected chi connectivity index (χ1v) is 11.0. The van der Waals surface area contributed by atoms with Gasteiger partial charge in [0.05, 0.1) is 9.92 Å². The van der Waals surface area contributed by atoms with E-state index >= 15 is 0 Å². The number of nitrogens with zero attached hydrogens (tertiary/aromatic N) is 2. The van der Waals surface area contributed by atoms with E-state index in [9.17, 15) is 13.2 Å². The van der Waals surface area contributed by atoms with Crippen LogP contribution in [0, 0.1) is 6.92 Å². The summed E-state index contributed by atoms with van der Waals surface area (Å²) in [5, 5.41) is 7.49. The van der Waals surface area contributed by atoms with Gasteiger partial charge in [-0.2, -0.15) is 0 Å². The molecule has 0 atom stereocenters. The highest BCUT2D eigenvalue weighted by Crippen LogP contribution is 2.35. The standard InChI is InChI=1S/C19H14ClN3O4S2/c1-11-10-16(22-27-11)23-29(25,26)13-8-6-12(7-9-13)21-19(24)18-17(20)14-4-2-3-5-15(14)28-18/h2-10H,1H3,(H2,21,22,23,24)/p-1. The summed E-state index contributed by atoms with van der Waals surface area (Å²) in [6.45, 7) is 1.64. The molecule has 7 nitrogen and oxygen atoms in total. The second-order valence-electron chi connectivity index (χ2n) is 6.08.